The van der Waals surface area contributed by atoms with Crippen LogP contribution in [0.4, 0.5) is 0 Å². The summed E-state index contributed by atoms with van der Waals surface area (Å²) in [5.74, 6) is 0.563. The standard InChI is InChI=1S/C13H13BrN6/c1-9(2)20-17-13(16-18-20)11-8-15-19(12(11)14)10-6-4-3-5-7-10/h3-9H,1-2H3. The summed E-state index contributed by atoms with van der Waals surface area (Å²) in [4.78, 5) is 1.58. The van der Waals surface area contributed by atoms with Gasteiger partial charge < -0.3 is 0 Å². The highest BCUT2D eigenvalue weighted by atomic mass is 79.9. The van der Waals surface area contributed by atoms with E-state index in [1.54, 1.807) is 15.7 Å². The number of para-hydroxylation sites is 1. The van der Waals surface area contributed by atoms with Crippen LogP contribution in [0.2, 0.25) is 0 Å². The Morgan fingerprint density at radius 3 is 2.55 bits per heavy atom. The zero-order valence-electron chi connectivity index (χ0n) is 11.1. The van der Waals surface area contributed by atoms with Crippen LogP contribution in [0.3, 0.4) is 0 Å². The molecule has 6 nitrogen and oxygen atoms in total. The van der Waals surface area contributed by atoms with Gasteiger partial charge in [0.05, 0.1) is 23.5 Å². The lowest BCUT2D eigenvalue weighted by molar-refractivity contribution is 0.455. The number of rotatable bonds is 3. The third kappa shape index (κ3) is 2.24. The van der Waals surface area contributed by atoms with Crippen LogP contribution in [0.25, 0.3) is 17.1 Å². The predicted molar refractivity (Wildman–Crippen MR) is 78.5 cm³/mol. The van der Waals surface area contributed by atoms with Crippen molar-refractivity contribution in [1.82, 2.24) is 30.0 Å². The van der Waals surface area contributed by atoms with Crippen molar-refractivity contribution in [2.45, 2.75) is 19.9 Å². The number of halogens is 1. The highest BCUT2D eigenvalue weighted by Gasteiger charge is 2.16. The molecule has 0 bridgehead atoms. The second kappa shape index (κ2) is 5.16. The van der Waals surface area contributed by atoms with Crippen LogP contribution in [-0.2, 0) is 0 Å². The van der Waals surface area contributed by atoms with Gasteiger partial charge in [0.1, 0.15) is 4.60 Å². The Morgan fingerprint density at radius 2 is 1.90 bits per heavy atom. The lowest BCUT2D eigenvalue weighted by Gasteiger charge is -2.02. The molecule has 2 aromatic heterocycles. The van der Waals surface area contributed by atoms with Crippen LogP contribution in [-0.4, -0.2) is 30.0 Å². The summed E-state index contributed by atoms with van der Waals surface area (Å²) in [5, 5.41) is 16.8. The Morgan fingerprint density at radius 1 is 1.15 bits per heavy atom. The highest BCUT2D eigenvalue weighted by molar-refractivity contribution is 9.10. The normalized spacial score (nSPS) is 11.2. The fourth-order valence-corrected chi connectivity index (χ4v) is 2.36. The Bertz CT molecular complexity index is 716. The van der Waals surface area contributed by atoms with Crippen molar-refractivity contribution >= 4 is 15.9 Å². The first-order chi connectivity index (χ1) is 9.66. The molecule has 20 heavy (non-hydrogen) atoms. The van der Waals surface area contributed by atoms with Gasteiger partial charge in [-0.1, -0.05) is 18.2 Å². The second-order valence-electron chi connectivity index (χ2n) is 4.62. The summed E-state index contributed by atoms with van der Waals surface area (Å²) in [6, 6.07) is 10.1. The Balaban J connectivity index is 2.02. The van der Waals surface area contributed by atoms with E-state index in [-0.39, 0.29) is 6.04 Å². The van der Waals surface area contributed by atoms with E-state index < -0.39 is 0 Å². The molecule has 2 heterocycles. The van der Waals surface area contributed by atoms with Gasteiger partial charge in [0.25, 0.3) is 0 Å². The molecule has 0 saturated carbocycles. The number of nitrogens with zero attached hydrogens (tertiary/aromatic N) is 6. The maximum Gasteiger partial charge on any atom is 0.209 e. The van der Waals surface area contributed by atoms with Gasteiger partial charge >= 0.3 is 0 Å². The molecule has 7 heteroatoms. The van der Waals surface area contributed by atoms with E-state index >= 15 is 0 Å². The van der Waals surface area contributed by atoms with E-state index in [4.69, 9.17) is 0 Å². The molecule has 3 aromatic rings. The number of hydrogen-bond acceptors (Lipinski definition) is 4. The molecular weight excluding hydrogens is 320 g/mol. The maximum atomic E-state index is 4.37. The SMILES string of the molecule is CC(C)n1nnc(-c2cnn(-c3ccccc3)c2Br)n1. The quantitative estimate of drug-likeness (QED) is 0.739. The summed E-state index contributed by atoms with van der Waals surface area (Å²) in [7, 11) is 0. The van der Waals surface area contributed by atoms with Crippen LogP contribution >= 0.6 is 15.9 Å². The predicted octanol–water partition coefficient (Wildman–Crippen LogP) is 2.87. The highest BCUT2D eigenvalue weighted by Crippen LogP contribution is 2.27. The third-order valence-corrected chi connectivity index (χ3v) is 3.61. The molecule has 0 spiro atoms. The molecule has 0 aliphatic carbocycles. The van der Waals surface area contributed by atoms with Crippen molar-refractivity contribution in [2.75, 3.05) is 0 Å². The monoisotopic (exact) mass is 332 g/mol. The van der Waals surface area contributed by atoms with Crippen LogP contribution < -0.4 is 0 Å². The zero-order valence-corrected chi connectivity index (χ0v) is 12.7. The van der Waals surface area contributed by atoms with Gasteiger partial charge in [0, 0.05) is 0 Å². The lowest BCUT2D eigenvalue weighted by Crippen LogP contribution is -2.04. The molecular formula is C13H13BrN6. The first kappa shape index (κ1) is 13.0. The van der Waals surface area contributed by atoms with E-state index in [1.807, 2.05) is 44.2 Å². The van der Waals surface area contributed by atoms with Crippen LogP contribution in [0.15, 0.2) is 41.1 Å². The van der Waals surface area contributed by atoms with Crippen molar-refractivity contribution in [3.8, 4) is 17.1 Å². The summed E-state index contributed by atoms with van der Waals surface area (Å²) in [6.07, 6.45) is 1.73. The average molecular weight is 333 g/mol. The molecule has 0 fully saturated rings. The largest absolute Gasteiger partial charge is 0.226 e. The zero-order chi connectivity index (χ0) is 14.1. The Kier molecular flexibility index (Phi) is 3.35. The minimum Gasteiger partial charge on any atom is -0.226 e. The van der Waals surface area contributed by atoms with Gasteiger partial charge in [-0.25, -0.2) is 4.68 Å². The van der Waals surface area contributed by atoms with Crippen LogP contribution in [0, 0.1) is 0 Å². The maximum absolute atomic E-state index is 4.37. The minimum atomic E-state index is 0.180. The molecule has 0 aliphatic rings. The third-order valence-electron chi connectivity index (χ3n) is 2.84. The van der Waals surface area contributed by atoms with Gasteiger partial charge in [-0.05, 0) is 47.1 Å². The first-order valence-electron chi connectivity index (χ1n) is 6.25. The number of aromatic nitrogens is 6. The van der Waals surface area contributed by atoms with Gasteiger partial charge in [-0.2, -0.15) is 9.90 Å². The van der Waals surface area contributed by atoms with E-state index in [2.05, 4.69) is 36.4 Å². The number of benzene rings is 1. The molecule has 0 aliphatic heterocycles. The van der Waals surface area contributed by atoms with E-state index in [0.717, 1.165) is 15.9 Å². The van der Waals surface area contributed by atoms with Crippen LogP contribution in [0.5, 0.6) is 0 Å². The average Bonchev–Trinajstić information content (AvgIpc) is 3.06. The molecule has 0 radical (unpaired) electrons. The molecule has 0 amide bonds. The topological polar surface area (TPSA) is 61.4 Å². The molecule has 0 N–H and O–H groups in total. The molecule has 0 unspecified atom stereocenters. The van der Waals surface area contributed by atoms with Crippen molar-refractivity contribution in [3.05, 3.63) is 41.1 Å². The summed E-state index contributed by atoms with van der Waals surface area (Å²) in [6.45, 7) is 4.02. The molecule has 1 aromatic carbocycles. The van der Waals surface area contributed by atoms with E-state index in [1.165, 1.54) is 0 Å². The Hall–Kier alpha value is -2.02. The smallest absolute Gasteiger partial charge is 0.209 e. The fourth-order valence-electron chi connectivity index (χ4n) is 1.78. The molecule has 0 atom stereocenters. The van der Waals surface area contributed by atoms with E-state index in [9.17, 15) is 0 Å². The summed E-state index contributed by atoms with van der Waals surface area (Å²) in [5.41, 5.74) is 1.79. The summed E-state index contributed by atoms with van der Waals surface area (Å²) >= 11 is 3.55. The van der Waals surface area contributed by atoms with Crippen molar-refractivity contribution in [3.63, 3.8) is 0 Å². The van der Waals surface area contributed by atoms with Crippen molar-refractivity contribution < 1.29 is 0 Å². The van der Waals surface area contributed by atoms with Gasteiger partial charge in [-0.15, -0.1) is 10.2 Å². The first-order valence-corrected chi connectivity index (χ1v) is 7.05. The minimum absolute atomic E-state index is 0.180. The van der Waals surface area contributed by atoms with Crippen molar-refractivity contribution in [2.24, 2.45) is 0 Å². The number of hydrogen-bond donors (Lipinski definition) is 0. The molecule has 0 saturated heterocycles. The molecule has 3 rings (SSSR count). The lowest BCUT2D eigenvalue weighted by atomic mass is 10.3. The summed E-state index contributed by atoms with van der Waals surface area (Å²) < 4.78 is 2.61. The fraction of sp³-hybridized carbons (Fsp3) is 0.231. The van der Waals surface area contributed by atoms with Gasteiger partial charge in [0.15, 0.2) is 0 Å². The molecule has 102 valence electrons. The van der Waals surface area contributed by atoms with Crippen LogP contribution in [0.1, 0.15) is 19.9 Å². The Labute approximate surface area is 124 Å². The van der Waals surface area contributed by atoms with Gasteiger partial charge in [0.2, 0.25) is 5.82 Å². The van der Waals surface area contributed by atoms with E-state index in [0.29, 0.717) is 5.82 Å². The number of tetrazole rings is 1. The van der Waals surface area contributed by atoms with Gasteiger partial charge in [-0.3, -0.25) is 0 Å². The second-order valence-corrected chi connectivity index (χ2v) is 5.37. The van der Waals surface area contributed by atoms with Crippen molar-refractivity contribution in [1.29, 1.82) is 0 Å².